The van der Waals surface area contributed by atoms with Gasteiger partial charge in [0.05, 0.1) is 6.04 Å². The quantitative estimate of drug-likeness (QED) is 0.501. The molecule has 1 rings (SSSR count). The van der Waals surface area contributed by atoms with Crippen molar-refractivity contribution in [3.05, 3.63) is 16.1 Å². The fourth-order valence-corrected chi connectivity index (χ4v) is 2.35. The first-order valence-electron chi connectivity index (χ1n) is 4.91. The minimum atomic E-state index is -5.75. The Balaban J connectivity index is 3.25. The zero-order valence-electron chi connectivity index (χ0n) is 9.57. The maximum Gasteiger partial charge on any atom is 0.443 e. The molecule has 1 heterocycles. The molecule has 3 nitrogen and oxygen atoms in total. The van der Waals surface area contributed by atoms with E-state index in [-0.39, 0.29) is 17.5 Å². The van der Waals surface area contributed by atoms with E-state index in [1.807, 2.05) is 0 Å². The van der Waals surface area contributed by atoms with Crippen molar-refractivity contribution in [3.8, 4) is 0 Å². The molecule has 1 atom stereocenters. The fourth-order valence-electron chi connectivity index (χ4n) is 1.47. The molecule has 0 radical (unpaired) electrons. The highest BCUT2D eigenvalue weighted by molar-refractivity contribution is 7.11. The summed E-state index contributed by atoms with van der Waals surface area (Å²) in [5.41, 5.74) is 1.26. The summed E-state index contributed by atoms with van der Waals surface area (Å²) in [5, 5.41) is -1.57. The Bertz CT molecular complexity index is 461. The van der Waals surface area contributed by atoms with Crippen molar-refractivity contribution in [2.45, 2.75) is 24.6 Å². The lowest BCUT2D eigenvalue weighted by atomic mass is 9.98. The van der Waals surface area contributed by atoms with Crippen molar-refractivity contribution in [3.63, 3.8) is 0 Å². The standard InChI is InChI=1S/C8H6F9N3S/c9-6(10,11)4(7(12,13)14)3(20-18)2-1-19-5(21-2)8(15,16)17/h1,3-4,20H,18H2. The largest absolute Gasteiger partial charge is 0.443 e. The van der Waals surface area contributed by atoms with Gasteiger partial charge in [0.25, 0.3) is 0 Å². The summed E-state index contributed by atoms with van der Waals surface area (Å²) in [4.78, 5) is 1.84. The van der Waals surface area contributed by atoms with E-state index in [0.717, 1.165) is 0 Å². The van der Waals surface area contributed by atoms with Gasteiger partial charge in [-0.3, -0.25) is 11.3 Å². The van der Waals surface area contributed by atoms with Crippen molar-refractivity contribution in [1.82, 2.24) is 10.4 Å². The number of hydrogen-bond donors (Lipinski definition) is 2. The van der Waals surface area contributed by atoms with Gasteiger partial charge in [0.1, 0.15) is 0 Å². The van der Waals surface area contributed by atoms with E-state index in [1.54, 1.807) is 0 Å². The van der Waals surface area contributed by atoms with Crippen LogP contribution in [0.25, 0.3) is 0 Å². The Morgan fingerprint density at radius 2 is 1.48 bits per heavy atom. The highest BCUT2D eigenvalue weighted by atomic mass is 32.1. The Kier molecular flexibility index (Phi) is 4.80. The van der Waals surface area contributed by atoms with Crippen LogP contribution in [-0.4, -0.2) is 17.3 Å². The molecule has 0 aliphatic carbocycles. The zero-order chi connectivity index (χ0) is 16.6. The second-order valence-corrected chi connectivity index (χ2v) is 4.83. The number of nitrogens with one attached hydrogen (secondary N) is 1. The summed E-state index contributed by atoms with van der Waals surface area (Å²) in [6.45, 7) is 0. The maximum absolute atomic E-state index is 12.5. The van der Waals surface area contributed by atoms with Gasteiger partial charge in [-0.1, -0.05) is 0 Å². The van der Waals surface area contributed by atoms with Crippen LogP contribution in [0.5, 0.6) is 0 Å². The predicted octanol–water partition coefficient (Wildman–Crippen LogP) is 3.41. The molecule has 0 saturated carbocycles. The molecule has 1 aromatic heterocycles. The first-order chi connectivity index (χ1) is 9.28. The van der Waals surface area contributed by atoms with Gasteiger partial charge >= 0.3 is 18.5 Å². The predicted molar refractivity (Wildman–Crippen MR) is 52.8 cm³/mol. The van der Waals surface area contributed by atoms with Gasteiger partial charge in [0, 0.05) is 11.1 Å². The van der Waals surface area contributed by atoms with E-state index >= 15 is 0 Å². The SMILES string of the molecule is NNC(c1cnc(C(F)(F)F)s1)C(C(F)(F)F)C(F)(F)F. The lowest BCUT2D eigenvalue weighted by Gasteiger charge is -2.29. The first kappa shape index (κ1) is 18.0. The van der Waals surface area contributed by atoms with Crippen LogP contribution in [0.15, 0.2) is 6.20 Å². The molecule has 1 aromatic rings. The Labute approximate surface area is 114 Å². The average Bonchev–Trinajstić information content (AvgIpc) is 2.70. The van der Waals surface area contributed by atoms with Crippen LogP contribution in [0.1, 0.15) is 15.9 Å². The topological polar surface area (TPSA) is 50.9 Å². The van der Waals surface area contributed by atoms with E-state index in [2.05, 4.69) is 10.8 Å². The molecule has 3 N–H and O–H groups in total. The van der Waals surface area contributed by atoms with Gasteiger partial charge in [-0.05, 0) is 0 Å². The van der Waals surface area contributed by atoms with Crippen LogP contribution in [0, 0.1) is 5.92 Å². The van der Waals surface area contributed by atoms with Crippen molar-refractivity contribution in [1.29, 1.82) is 0 Å². The molecule has 1 unspecified atom stereocenters. The molecular formula is C8H6F9N3S. The van der Waals surface area contributed by atoms with E-state index in [0.29, 0.717) is 0 Å². The zero-order valence-corrected chi connectivity index (χ0v) is 10.4. The third kappa shape index (κ3) is 4.20. The van der Waals surface area contributed by atoms with Gasteiger partial charge in [-0.25, -0.2) is 4.98 Å². The van der Waals surface area contributed by atoms with Crippen LogP contribution in [-0.2, 0) is 6.18 Å². The van der Waals surface area contributed by atoms with E-state index in [4.69, 9.17) is 0 Å². The van der Waals surface area contributed by atoms with Crippen LogP contribution < -0.4 is 11.3 Å². The minimum Gasteiger partial charge on any atom is -0.271 e. The Morgan fingerprint density at radius 1 is 1.00 bits per heavy atom. The fraction of sp³-hybridized carbons (Fsp3) is 0.625. The molecule has 0 amide bonds. The maximum atomic E-state index is 12.5. The Hall–Kier alpha value is -1.08. The normalized spacial score (nSPS) is 15.6. The molecule has 13 heteroatoms. The second-order valence-electron chi connectivity index (χ2n) is 3.77. The molecule has 21 heavy (non-hydrogen) atoms. The van der Waals surface area contributed by atoms with E-state index < -0.39 is 40.4 Å². The molecule has 0 aromatic carbocycles. The molecule has 0 aliphatic rings. The number of aromatic nitrogens is 1. The molecule has 0 spiro atoms. The molecule has 0 bridgehead atoms. The molecule has 0 aliphatic heterocycles. The smallest absolute Gasteiger partial charge is 0.271 e. The second kappa shape index (κ2) is 5.61. The molecule has 122 valence electrons. The van der Waals surface area contributed by atoms with Crippen LogP contribution >= 0.6 is 11.3 Å². The number of nitrogens with zero attached hydrogens (tertiary/aromatic N) is 1. The third-order valence-electron chi connectivity index (χ3n) is 2.29. The van der Waals surface area contributed by atoms with E-state index in [9.17, 15) is 39.5 Å². The summed E-state index contributed by atoms with van der Waals surface area (Å²) in [6, 6.07) is -2.63. The minimum absolute atomic E-state index is 0.280. The van der Waals surface area contributed by atoms with Crippen molar-refractivity contribution in [2.75, 3.05) is 0 Å². The van der Waals surface area contributed by atoms with Crippen molar-refractivity contribution in [2.24, 2.45) is 11.8 Å². The summed E-state index contributed by atoms with van der Waals surface area (Å²) in [5.74, 6) is 0.703. The van der Waals surface area contributed by atoms with Crippen molar-refractivity contribution < 1.29 is 39.5 Å². The van der Waals surface area contributed by atoms with Crippen LogP contribution in [0.2, 0.25) is 0 Å². The summed E-state index contributed by atoms with van der Waals surface area (Å²) < 4.78 is 112. The van der Waals surface area contributed by atoms with E-state index in [1.165, 1.54) is 5.43 Å². The third-order valence-corrected chi connectivity index (χ3v) is 3.42. The molecule has 0 fully saturated rings. The molecule has 0 saturated heterocycles. The lowest BCUT2D eigenvalue weighted by molar-refractivity contribution is -0.292. The average molecular weight is 347 g/mol. The van der Waals surface area contributed by atoms with Gasteiger partial charge < -0.3 is 0 Å². The summed E-state index contributed by atoms with van der Waals surface area (Å²) >= 11 is -0.346. The Morgan fingerprint density at radius 3 is 1.76 bits per heavy atom. The van der Waals surface area contributed by atoms with Gasteiger partial charge in [0.15, 0.2) is 10.9 Å². The van der Waals surface area contributed by atoms with Gasteiger partial charge in [-0.15, -0.1) is 11.3 Å². The van der Waals surface area contributed by atoms with Crippen LogP contribution in [0.3, 0.4) is 0 Å². The van der Waals surface area contributed by atoms with Crippen LogP contribution in [0.4, 0.5) is 39.5 Å². The molecular weight excluding hydrogens is 341 g/mol. The lowest BCUT2D eigenvalue weighted by Crippen LogP contribution is -2.47. The number of halogens is 9. The number of thiazole rings is 1. The van der Waals surface area contributed by atoms with Crippen molar-refractivity contribution >= 4 is 11.3 Å². The summed E-state index contributed by atoms with van der Waals surface area (Å²) in [6.07, 6.45) is -16.2. The van der Waals surface area contributed by atoms with Gasteiger partial charge in [0.2, 0.25) is 0 Å². The number of rotatable bonds is 3. The number of hydrogen-bond acceptors (Lipinski definition) is 4. The number of nitrogens with two attached hydrogens (primary N) is 1. The monoisotopic (exact) mass is 347 g/mol. The summed E-state index contributed by atoms with van der Waals surface area (Å²) in [7, 11) is 0. The highest BCUT2D eigenvalue weighted by Gasteiger charge is 2.61. The number of alkyl halides is 9. The first-order valence-corrected chi connectivity index (χ1v) is 5.72. The number of hydrazine groups is 1. The highest BCUT2D eigenvalue weighted by Crippen LogP contribution is 2.47. The van der Waals surface area contributed by atoms with Gasteiger partial charge in [-0.2, -0.15) is 39.5 Å².